The van der Waals surface area contributed by atoms with Crippen molar-refractivity contribution in [1.82, 2.24) is 5.32 Å². The first kappa shape index (κ1) is 13.7. The maximum atomic E-state index is 13.8. The van der Waals surface area contributed by atoms with Crippen molar-refractivity contribution in [3.8, 4) is 0 Å². The maximum absolute atomic E-state index is 13.8. The van der Waals surface area contributed by atoms with Crippen molar-refractivity contribution in [2.24, 2.45) is 0 Å². The van der Waals surface area contributed by atoms with E-state index < -0.39 is 0 Å². The third-order valence-electron chi connectivity index (χ3n) is 3.03. The zero-order valence-corrected chi connectivity index (χ0v) is 11.6. The van der Waals surface area contributed by atoms with Crippen molar-refractivity contribution in [2.45, 2.75) is 38.6 Å². The van der Waals surface area contributed by atoms with E-state index in [9.17, 15) is 4.39 Å². The van der Waals surface area contributed by atoms with Crippen molar-refractivity contribution in [1.29, 1.82) is 0 Å². The van der Waals surface area contributed by atoms with Gasteiger partial charge in [-0.25, -0.2) is 4.39 Å². The summed E-state index contributed by atoms with van der Waals surface area (Å²) < 4.78 is 14.6. The summed E-state index contributed by atoms with van der Waals surface area (Å²) in [6.07, 6.45) is 2.17. The molecule has 2 unspecified atom stereocenters. The molecule has 1 aromatic rings. The van der Waals surface area contributed by atoms with Crippen LogP contribution in [0.1, 0.15) is 38.2 Å². The van der Waals surface area contributed by atoms with Crippen LogP contribution in [0, 0.1) is 5.82 Å². The topological polar surface area (TPSA) is 12.0 Å². The monoisotopic (exact) mass is 287 g/mol. The number of halogens is 2. The number of hydrogen-bond acceptors (Lipinski definition) is 1. The minimum Gasteiger partial charge on any atom is -0.316 e. The molecule has 2 atom stereocenters. The molecule has 0 saturated carbocycles. The predicted octanol–water partition coefficient (Wildman–Crippen LogP) is 4.08. The van der Waals surface area contributed by atoms with Crippen LogP contribution >= 0.6 is 15.9 Å². The van der Waals surface area contributed by atoms with Crippen LogP contribution in [0.15, 0.2) is 22.7 Å². The Balaban J connectivity index is 2.89. The second kappa shape index (κ2) is 6.36. The number of benzene rings is 1. The van der Waals surface area contributed by atoms with Crippen LogP contribution in [0.4, 0.5) is 4.39 Å². The Bertz CT molecular complexity index is 341. The second-order valence-electron chi connectivity index (χ2n) is 4.14. The van der Waals surface area contributed by atoms with Crippen LogP contribution in [0.2, 0.25) is 0 Å². The lowest BCUT2D eigenvalue weighted by molar-refractivity contribution is 0.438. The highest BCUT2D eigenvalue weighted by Gasteiger charge is 2.19. The van der Waals surface area contributed by atoms with Crippen LogP contribution in [0.5, 0.6) is 0 Å². The van der Waals surface area contributed by atoms with E-state index >= 15 is 0 Å². The van der Waals surface area contributed by atoms with Crippen molar-refractivity contribution < 1.29 is 4.39 Å². The molecule has 1 aromatic carbocycles. The Kier molecular flexibility index (Phi) is 5.42. The molecule has 1 N–H and O–H groups in total. The van der Waals surface area contributed by atoms with E-state index in [0.29, 0.717) is 6.04 Å². The normalized spacial score (nSPS) is 14.8. The summed E-state index contributed by atoms with van der Waals surface area (Å²) >= 11 is 3.27. The third-order valence-corrected chi connectivity index (χ3v) is 3.52. The molecule has 1 rings (SSSR count). The summed E-state index contributed by atoms with van der Waals surface area (Å²) in [6, 6.07) is 5.63. The first-order valence-electron chi connectivity index (χ1n) is 5.72. The van der Waals surface area contributed by atoms with Gasteiger partial charge in [0.05, 0.1) is 0 Å². The number of nitrogens with one attached hydrogen (secondary N) is 1. The molecule has 0 saturated heterocycles. The molecule has 3 heteroatoms. The first-order chi connectivity index (χ1) is 7.60. The SMILES string of the molecule is CCCC(NC)C(C)c1ccc(Br)cc1F. The van der Waals surface area contributed by atoms with Crippen molar-refractivity contribution in [3.63, 3.8) is 0 Å². The highest BCUT2D eigenvalue weighted by atomic mass is 79.9. The van der Waals surface area contributed by atoms with Crippen molar-refractivity contribution in [2.75, 3.05) is 7.05 Å². The second-order valence-corrected chi connectivity index (χ2v) is 5.05. The lowest BCUT2D eigenvalue weighted by atomic mass is 9.90. The number of rotatable bonds is 5. The lowest BCUT2D eigenvalue weighted by Gasteiger charge is -2.24. The maximum Gasteiger partial charge on any atom is 0.127 e. The van der Waals surface area contributed by atoms with Crippen LogP contribution in [-0.4, -0.2) is 13.1 Å². The van der Waals surface area contributed by atoms with Gasteiger partial charge in [0, 0.05) is 10.5 Å². The molecule has 0 aliphatic carbocycles. The van der Waals surface area contributed by atoms with E-state index in [0.717, 1.165) is 22.9 Å². The van der Waals surface area contributed by atoms with Gasteiger partial charge in [0.15, 0.2) is 0 Å². The van der Waals surface area contributed by atoms with Crippen LogP contribution < -0.4 is 5.32 Å². The Morgan fingerprint density at radius 1 is 1.44 bits per heavy atom. The van der Waals surface area contributed by atoms with Crippen molar-refractivity contribution in [3.05, 3.63) is 34.1 Å². The molecule has 90 valence electrons. The van der Waals surface area contributed by atoms with E-state index in [1.165, 1.54) is 6.07 Å². The Hall–Kier alpha value is -0.410. The van der Waals surface area contributed by atoms with Crippen molar-refractivity contribution >= 4 is 15.9 Å². The average Bonchev–Trinajstić information content (AvgIpc) is 2.25. The highest BCUT2D eigenvalue weighted by molar-refractivity contribution is 9.10. The lowest BCUT2D eigenvalue weighted by Crippen LogP contribution is -2.31. The minimum absolute atomic E-state index is 0.127. The molecule has 0 aliphatic heterocycles. The fraction of sp³-hybridized carbons (Fsp3) is 0.538. The quantitative estimate of drug-likeness (QED) is 0.861. The molecule has 0 aromatic heterocycles. The van der Waals surface area contributed by atoms with E-state index in [1.807, 2.05) is 19.2 Å². The van der Waals surface area contributed by atoms with Gasteiger partial charge in [0.2, 0.25) is 0 Å². The summed E-state index contributed by atoms with van der Waals surface area (Å²) in [7, 11) is 1.94. The van der Waals surface area contributed by atoms with Gasteiger partial charge in [-0.3, -0.25) is 0 Å². The number of likely N-dealkylation sites (N-methyl/N-ethyl adjacent to an activating group) is 1. The smallest absolute Gasteiger partial charge is 0.127 e. The Morgan fingerprint density at radius 2 is 2.12 bits per heavy atom. The Morgan fingerprint density at radius 3 is 2.62 bits per heavy atom. The predicted molar refractivity (Wildman–Crippen MR) is 70.3 cm³/mol. The molecule has 0 radical (unpaired) electrons. The van der Waals surface area contributed by atoms with Crippen LogP contribution in [0.3, 0.4) is 0 Å². The fourth-order valence-electron chi connectivity index (χ4n) is 2.04. The molecule has 0 amide bonds. The molecule has 1 nitrogen and oxygen atoms in total. The van der Waals surface area contributed by atoms with E-state index in [4.69, 9.17) is 0 Å². The average molecular weight is 288 g/mol. The standard InChI is InChI=1S/C13H19BrFN/c1-4-5-13(16-3)9(2)11-7-6-10(14)8-12(11)15/h6-9,13,16H,4-5H2,1-3H3. The van der Waals surface area contributed by atoms with Gasteiger partial charge >= 0.3 is 0 Å². The van der Waals surface area contributed by atoms with Crippen LogP contribution in [-0.2, 0) is 0 Å². The van der Waals surface area contributed by atoms with E-state index in [2.05, 4.69) is 35.1 Å². The first-order valence-corrected chi connectivity index (χ1v) is 6.51. The summed E-state index contributed by atoms with van der Waals surface area (Å²) in [5, 5.41) is 3.26. The van der Waals surface area contributed by atoms with Gasteiger partial charge in [-0.15, -0.1) is 0 Å². The van der Waals surface area contributed by atoms with Crippen LogP contribution in [0.25, 0.3) is 0 Å². The molecule has 0 heterocycles. The zero-order chi connectivity index (χ0) is 12.1. The molecular weight excluding hydrogens is 269 g/mol. The molecule has 0 fully saturated rings. The minimum atomic E-state index is -0.127. The van der Waals surface area contributed by atoms with Gasteiger partial charge in [-0.2, -0.15) is 0 Å². The van der Waals surface area contributed by atoms with Gasteiger partial charge in [0.1, 0.15) is 5.82 Å². The van der Waals surface area contributed by atoms with E-state index in [1.54, 1.807) is 0 Å². The summed E-state index contributed by atoms with van der Waals surface area (Å²) in [6.45, 7) is 4.22. The van der Waals surface area contributed by atoms with Gasteiger partial charge in [-0.05, 0) is 37.1 Å². The van der Waals surface area contributed by atoms with Gasteiger partial charge in [0.25, 0.3) is 0 Å². The van der Waals surface area contributed by atoms with Gasteiger partial charge in [-0.1, -0.05) is 42.3 Å². The fourth-order valence-corrected chi connectivity index (χ4v) is 2.38. The third kappa shape index (κ3) is 3.29. The molecular formula is C13H19BrFN. The zero-order valence-electron chi connectivity index (χ0n) is 10.1. The molecule has 0 bridgehead atoms. The van der Waals surface area contributed by atoms with Gasteiger partial charge < -0.3 is 5.32 Å². The van der Waals surface area contributed by atoms with E-state index in [-0.39, 0.29) is 11.7 Å². The highest BCUT2D eigenvalue weighted by Crippen LogP contribution is 2.26. The Labute approximate surface area is 106 Å². The summed E-state index contributed by atoms with van der Waals surface area (Å²) in [5.74, 6) is 0.0660. The largest absolute Gasteiger partial charge is 0.316 e. The molecule has 0 spiro atoms. The summed E-state index contributed by atoms with van der Waals surface area (Å²) in [4.78, 5) is 0. The number of hydrogen-bond donors (Lipinski definition) is 1. The molecule has 16 heavy (non-hydrogen) atoms. The molecule has 0 aliphatic rings. The summed E-state index contributed by atoms with van der Waals surface area (Å²) in [5.41, 5.74) is 0.788.